The second-order valence-corrected chi connectivity index (χ2v) is 3.78. The van der Waals surface area contributed by atoms with Gasteiger partial charge >= 0.3 is 0 Å². The van der Waals surface area contributed by atoms with Crippen molar-refractivity contribution >= 4 is 12.2 Å². The smallest absolute Gasteiger partial charge is 0.252 e. The maximum absolute atomic E-state index is 12.9. The van der Waals surface area contributed by atoms with E-state index in [0.717, 1.165) is 12.1 Å². The Labute approximate surface area is 107 Å². The van der Waals surface area contributed by atoms with Gasteiger partial charge in [0.1, 0.15) is 0 Å². The zero-order chi connectivity index (χ0) is 13.8. The number of halogens is 2. The molecular formula is C12H10F2N4O. The van der Waals surface area contributed by atoms with Crippen LogP contribution in [0.5, 0.6) is 0 Å². The Kier molecular flexibility index (Phi) is 3.65. The SMILES string of the molecule is Cc1cc(=O)[nH]c(N/N=C\c2ccc(F)c(F)c2)n1. The van der Waals surface area contributed by atoms with E-state index in [1.165, 1.54) is 18.3 Å². The van der Waals surface area contributed by atoms with Crippen molar-refractivity contribution in [3.63, 3.8) is 0 Å². The lowest BCUT2D eigenvalue weighted by molar-refractivity contribution is 0.508. The number of nitrogens with zero attached hydrogens (tertiary/aromatic N) is 2. The summed E-state index contributed by atoms with van der Waals surface area (Å²) in [6, 6.07) is 4.72. The Balaban J connectivity index is 2.11. The zero-order valence-electron chi connectivity index (χ0n) is 9.95. The standard InChI is InChI=1S/C12H10F2N4O/c1-7-4-11(19)17-12(16-7)18-15-6-8-2-3-9(13)10(14)5-8/h2-6H,1H3,(H2,16,17,18,19)/b15-6-. The number of nitrogens with one attached hydrogen (secondary N) is 2. The molecule has 0 spiro atoms. The summed E-state index contributed by atoms with van der Waals surface area (Å²) in [5.41, 5.74) is 3.10. The van der Waals surface area contributed by atoms with Gasteiger partial charge in [-0.3, -0.25) is 9.78 Å². The molecule has 0 fully saturated rings. The van der Waals surface area contributed by atoms with Crippen LogP contribution in [0.15, 0.2) is 34.2 Å². The summed E-state index contributed by atoms with van der Waals surface area (Å²) < 4.78 is 25.6. The van der Waals surface area contributed by atoms with Gasteiger partial charge in [0.25, 0.3) is 5.56 Å². The normalized spacial score (nSPS) is 10.9. The summed E-state index contributed by atoms with van der Waals surface area (Å²) in [5.74, 6) is -1.70. The summed E-state index contributed by atoms with van der Waals surface area (Å²) in [5, 5.41) is 3.77. The van der Waals surface area contributed by atoms with Crippen LogP contribution in [0, 0.1) is 18.6 Å². The van der Waals surface area contributed by atoms with Crippen molar-refractivity contribution in [2.45, 2.75) is 6.92 Å². The molecule has 0 amide bonds. The number of H-pyrrole nitrogens is 1. The molecule has 0 atom stereocenters. The van der Waals surface area contributed by atoms with E-state index in [4.69, 9.17) is 0 Å². The van der Waals surface area contributed by atoms with Crippen LogP contribution in [-0.2, 0) is 0 Å². The molecule has 0 saturated heterocycles. The van der Waals surface area contributed by atoms with Crippen molar-refractivity contribution in [2.75, 3.05) is 5.43 Å². The van der Waals surface area contributed by atoms with Gasteiger partial charge in [0.15, 0.2) is 11.6 Å². The van der Waals surface area contributed by atoms with Gasteiger partial charge in [0.2, 0.25) is 5.95 Å². The lowest BCUT2D eigenvalue weighted by Crippen LogP contribution is -2.10. The van der Waals surface area contributed by atoms with Crippen LogP contribution in [0.4, 0.5) is 14.7 Å². The highest BCUT2D eigenvalue weighted by Crippen LogP contribution is 2.06. The van der Waals surface area contributed by atoms with Crippen molar-refractivity contribution < 1.29 is 8.78 Å². The van der Waals surface area contributed by atoms with Gasteiger partial charge < -0.3 is 0 Å². The minimum atomic E-state index is -0.953. The van der Waals surface area contributed by atoms with Crippen LogP contribution >= 0.6 is 0 Å². The highest BCUT2D eigenvalue weighted by Gasteiger charge is 2.00. The van der Waals surface area contributed by atoms with E-state index >= 15 is 0 Å². The maximum Gasteiger partial charge on any atom is 0.252 e. The van der Waals surface area contributed by atoms with Crippen LogP contribution in [0.3, 0.4) is 0 Å². The van der Waals surface area contributed by atoms with E-state index in [-0.39, 0.29) is 11.5 Å². The van der Waals surface area contributed by atoms with Crippen LogP contribution in [-0.4, -0.2) is 16.2 Å². The average Bonchev–Trinajstić information content (AvgIpc) is 2.32. The minimum absolute atomic E-state index is 0.170. The Bertz CT molecular complexity index is 682. The van der Waals surface area contributed by atoms with E-state index in [0.29, 0.717) is 11.3 Å². The number of hydrogen-bond acceptors (Lipinski definition) is 4. The molecule has 0 radical (unpaired) electrons. The fourth-order valence-electron chi connectivity index (χ4n) is 1.39. The van der Waals surface area contributed by atoms with E-state index in [1.54, 1.807) is 6.92 Å². The molecule has 0 unspecified atom stereocenters. The van der Waals surface area contributed by atoms with Crippen molar-refractivity contribution in [2.24, 2.45) is 5.10 Å². The molecule has 19 heavy (non-hydrogen) atoms. The van der Waals surface area contributed by atoms with Gasteiger partial charge in [-0.1, -0.05) is 6.07 Å². The Morgan fingerprint density at radius 2 is 2.11 bits per heavy atom. The number of benzene rings is 1. The van der Waals surface area contributed by atoms with Crippen molar-refractivity contribution in [3.8, 4) is 0 Å². The van der Waals surface area contributed by atoms with Gasteiger partial charge in [-0.2, -0.15) is 5.10 Å². The molecule has 0 aliphatic carbocycles. The molecule has 2 aromatic rings. The molecule has 98 valence electrons. The first kappa shape index (κ1) is 12.9. The predicted octanol–water partition coefficient (Wildman–Crippen LogP) is 1.80. The zero-order valence-corrected chi connectivity index (χ0v) is 9.95. The second kappa shape index (κ2) is 5.38. The third-order valence-electron chi connectivity index (χ3n) is 2.20. The molecule has 0 aliphatic heterocycles. The van der Waals surface area contributed by atoms with E-state index in [9.17, 15) is 13.6 Å². The number of aromatic nitrogens is 2. The highest BCUT2D eigenvalue weighted by molar-refractivity contribution is 5.79. The van der Waals surface area contributed by atoms with Crippen LogP contribution in [0.1, 0.15) is 11.3 Å². The van der Waals surface area contributed by atoms with Gasteiger partial charge in [0.05, 0.1) is 6.21 Å². The summed E-state index contributed by atoms with van der Waals surface area (Å²) in [7, 11) is 0. The van der Waals surface area contributed by atoms with E-state index < -0.39 is 11.6 Å². The average molecular weight is 264 g/mol. The van der Waals surface area contributed by atoms with Crippen LogP contribution in [0.2, 0.25) is 0 Å². The quantitative estimate of drug-likeness (QED) is 0.656. The first-order valence-electron chi connectivity index (χ1n) is 5.37. The fraction of sp³-hybridized carbons (Fsp3) is 0.0833. The Hall–Kier alpha value is -2.57. The molecule has 1 aromatic heterocycles. The first-order valence-corrected chi connectivity index (χ1v) is 5.37. The minimum Gasteiger partial charge on any atom is -0.291 e. The number of hydrazone groups is 1. The summed E-state index contributed by atoms with van der Waals surface area (Å²) in [4.78, 5) is 17.6. The predicted molar refractivity (Wildman–Crippen MR) is 67.2 cm³/mol. The number of aromatic amines is 1. The third-order valence-corrected chi connectivity index (χ3v) is 2.20. The summed E-state index contributed by atoms with van der Waals surface area (Å²) in [6.45, 7) is 1.67. The molecule has 2 N–H and O–H groups in total. The van der Waals surface area contributed by atoms with Crippen LogP contribution < -0.4 is 11.0 Å². The molecule has 0 bridgehead atoms. The van der Waals surface area contributed by atoms with Gasteiger partial charge in [-0.05, 0) is 24.6 Å². The maximum atomic E-state index is 12.9. The van der Waals surface area contributed by atoms with E-state index in [2.05, 4.69) is 20.5 Å². The molecule has 2 rings (SSSR count). The molecule has 5 nitrogen and oxygen atoms in total. The molecule has 0 aliphatic rings. The molecule has 1 heterocycles. The molecule has 1 aromatic carbocycles. The molecular weight excluding hydrogens is 254 g/mol. The summed E-state index contributed by atoms with van der Waals surface area (Å²) in [6.07, 6.45) is 1.28. The highest BCUT2D eigenvalue weighted by atomic mass is 19.2. The first-order chi connectivity index (χ1) is 9.04. The monoisotopic (exact) mass is 264 g/mol. The van der Waals surface area contributed by atoms with Gasteiger partial charge in [0, 0.05) is 11.8 Å². The third kappa shape index (κ3) is 3.44. The lowest BCUT2D eigenvalue weighted by atomic mass is 10.2. The van der Waals surface area contributed by atoms with Crippen molar-refractivity contribution in [3.05, 3.63) is 57.5 Å². The Morgan fingerprint density at radius 1 is 1.32 bits per heavy atom. The number of anilines is 1. The lowest BCUT2D eigenvalue weighted by Gasteiger charge is -1.99. The second-order valence-electron chi connectivity index (χ2n) is 3.78. The van der Waals surface area contributed by atoms with Crippen molar-refractivity contribution in [1.82, 2.24) is 9.97 Å². The molecule has 7 heteroatoms. The van der Waals surface area contributed by atoms with E-state index in [1.807, 2.05) is 0 Å². The number of rotatable bonds is 3. The van der Waals surface area contributed by atoms with Crippen LogP contribution in [0.25, 0.3) is 0 Å². The largest absolute Gasteiger partial charge is 0.291 e. The Morgan fingerprint density at radius 3 is 2.79 bits per heavy atom. The fourth-order valence-corrected chi connectivity index (χ4v) is 1.39. The summed E-state index contributed by atoms with van der Waals surface area (Å²) >= 11 is 0. The topological polar surface area (TPSA) is 70.1 Å². The molecule has 0 saturated carbocycles. The number of aryl methyl sites for hydroxylation is 1. The van der Waals surface area contributed by atoms with Gasteiger partial charge in [-0.15, -0.1) is 0 Å². The van der Waals surface area contributed by atoms with Gasteiger partial charge in [-0.25, -0.2) is 19.2 Å². The number of hydrogen-bond donors (Lipinski definition) is 2. The van der Waals surface area contributed by atoms with Crippen molar-refractivity contribution in [1.29, 1.82) is 0 Å².